The van der Waals surface area contributed by atoms with Crippen molar-refractivity contribution in [3.63, 3.8) is 0 Å². The maximum Gasteiger partial charge on any atom is 0.282 e. The molecule has 0 fully saturated rings. The van der Waals surface area contributed by atoms with Gasteiger partial charge in [-0.15, -0.1) is 0 Å². The molecule has 12 heteroatoms. The monoisotopic (exact) mass is 779 g/mol. The maximum atomic E-state index is 13.7. The zero-order valence-electron chi connectivity index (χ0n) is 22.8. The molecule has 0 aliphatic carbocycles. The smallest absolute Gasteiger partial charge is 0.282 e. The minimum atomic E-state index is -0.339. The molecule has 0 radical (unpaired) electrons. The van der Waals surface area contributed by atoms with Crippen molar-refractivity contribution in [2.24, 2.45) is 5.10 Å². The summed E-state index contributed by atoms with van der Waals surface area (Å²) >= 11 is 10.8. The Labute approximate surface area is 275 Å². The molecule has 0 saturated heterocycles. The molecule has 0 spiro atoms. The molecule has 1 aliphatic heterocycles. The third-order valence-electron chi connectivity index (χ3n) is 6.96. The van der Waals surface area contributed by atoms with Gasteiger partial charge in [0.05, 0.1) is 28.7 Å². The first kappa shape index (κ1) is 28.6. The van der Waals surface area contributed by atoms with Crippen LogP contribution < -0.4 is 24.5 Å². The van der Waals surface area contributed by atoms with E-state index in [1.807, 2.05) is 48.5 Å². The summed E-state index contributed by atoms with van der Waals surface area (Å²) in [5, 5.41) is 5.89. The predicted molar refractivity (Wildman–Crippen MR) is 177 cm³/mol. The molecule has 220 valence electrons. The molecule has 4 aromatic carbocycles. The van der Waals surface area contributed by atoms with Gasteiger partial charge in [0.1, 0.15) is 12.2 Å². The standard InChI is InChI=1S/C32H20Br3N3O6/c1-40-26-13-19(28(34)29(35)30(26)41-15-17-6-8-24-25(10-17)43-16-42-24)14-36-38-31(37-22-5-3-2-4-21(22)32(38)39)27-12-18-11-20(33)7-9-23(18)44-27/h2-14H,15-16H2,1H3. The lowest BCUT2D eigenvalue weighted by molar-refractivity contribution is 0.174. The van der Waals surface area contributed by atoms with Gasteiger partial charge in [-0.1, -0.05) is 34.1 Å². The van der Waals surface area contributed by atoms with Gasteiger partial charge in [-0.2, -0.15) is 9.78 Å². The molecule has 7 rings (SSSR count). The summed E-state index contributed by atoms with van der Waals surface area (Å²) in [5.74, 6) is 3.02. The minimum Gasteiger partial charge on any atom is -0.493 e. The maximum absolute atomic E-state index is 13.7. The molecule has 44 heavy (non-hydrogen) atoms. The summed E-state index contributed by atoms with van der Waals surface area (Å²) in [4.78, 5) is 18.5. The summed E-state index contributed by atoms with van der Waals surface area (Å²) in [6, 6.07) is 22.1. The number of hydrogen-bond acceptors (Lipinski definition) is 8. The van der Waals surface area contributed by atoms with Crippen molar-refractivity contribution in [2.45, 2.75) is 6.61 Å². The molecule has 0 saturated carbocycles. The first-order chi connectivity index (χ1) is 21.4. The van der Waals surface area contributed by atoms with Crippen LogP contribution in [0.15, 0.2) is 101 Å². The topological polar surface area (TPSA) is 97.3 Å². The van der Waals surface area contributed by atoms with Crippen molar-refractivity contribution in [1.82, 2.24) is 9.66 Å². The second-order valence-electron chi connectivity index (χ2n) is 9.71. The Morgan fingerprint density at radius 2 is 1.82 bits per heavy atom. The van der Waals surface area contributed by atoms with Crippen molar-refractivity contribution in [3.8, 4) is 34.6 Å². The largest absolute Gasteiger partial charge is 0.493 e. The number of nitrogens with zero attached hydrogens (tertiary/aromatic N) is 3. The summed E-state index contributed by atoms with van der Waals surface area (Å²) in [6.07, 6.45) is 1.56. The van der Waals surface area contributed by atoms with E-state index in [1.165, 1.54) is 4.68 Å². The number of furan rings is 1. The SMILES string of the molecule is COc1cc(C=Nn2c(-c3cc4cc(Br)ccc4o3)nc3ccccc3c2=O)c(Br)c(Br)c1OCc1ccc2c(c1)OCO2. The molecule has 3 heterocycles. The van der Waals surface area contributed by atoms with Crippen molar-refractivity contribution in [2.75, 3.05) is 13.9 Å². The van der Waals surface area contributed by atoms with Crippen LogP contribution in [0.4, 0.5) is 0 Å². The highest BCUT2D eigenvalue weighted by Crippen LogP contribution is 2.43. The van der Waals surface area contributed by atoms with Crippen LogP contribution in [0.1, 0.15) is 11.1 Å². The number of methoxy groups -OCH3 is 1. The molecule has 0 atom stereocenters. The van der Waals surface area contributed by atoms with Crippen molar-refractivity contribution >= 4 is 75.9 Å². The van der Waals surface area contributed by atoms with E-state index in [-0.39, 0.29) is 24.8 Å². The predicted octanol–water partition coefficient (Wildman–Crippen LogP) is 8.30. The second kappa shape index (κ2) is 11.8. The van der Waals surface area contributed by atoms with E-state index in [4.69, 9.17) is 28.3 Å². The molecule has 6 aromatic rings. The van der Waals surface area contributed by atoms with Crippen LogP contribution in [-0.2, 0) is 6.61 Å². The summed E-state index contributed by atoms with van der Waals surface area (Å²) < 4.78 is 32.2. The van der Waals surface area contributed by atoms with E-state index in [2.05, 4.69) is 52.9 Å². The van der Waals surface area contributed by atoms with Crippen LogP contribution in [0.25, 0.3) is 33.5 Å². The molecule has 9 nitrogen and oxygen atoms in total. The van der Waals surface area contributed by atoms with Gasteiger partial charge in [0, 0.05) is 19.9 Å². The summed E-state index contributed by atoms with van der Waals surface area (Å²) in [7, 11) is 1.56. The Morgan fingerprint density at radius 3 is 2.68 bits per heavy atom. The lowest BCUT2D eigenvalue weighted by Crippen LogP contribution is -2.20. The fourth-order valence-electron chi connectivity index (χ4n) is 4.81. The highest BCUT2D eigenvalue weighted by Gasteiger charge is 2.20. The Kier molecular flexibility index (Phi) is 7.65. The molecule has 0 amide bonds. The molecule has 2 aromatic heterocycles. The number of para-hydroxylation sites is 1. The molecule has 1 aliphatic rings. The second-order valence-corrected chi connectivity index (χ2v) is 12.2. The van der Waals surface area contributed by atoms with Gasteiger partial charge in [0.15, 0.2) is 28.8 Å². The van der Waals surface area contributed by atoms with E-state index < -0.39 is 0 Å². The molecule has 0 N–H and O–H groups in total. The van der Waals surface area contributed by atoms with Gasteiger partial charge in [0.2, 0.25) is 12.6 Å². The van der Waals surface area contributed by atoms with Crippen LogP contribution in [-0.4, -0.2) is 29.8 Å². The molecule has 0 bridgehead atoms. The number of hydrogen-bond donors (Lipinski definition) is 0. The van der Waals surface area contributed by atoms with Crippen LogP contribution in [0.2, 0.25) is 0 Å². The first-order valence-electron chi connectivity index (χ1n) is 13.2. The number of ether oxygens (including phenoxy) is 4. The lowest BCUT2D eigenvalue weighted by atomic mass is 10.2. The average Bonchev–Trinajstić information content (AvgIpc) is 3.68. The van der Waals surface area contributed by atoms with E-state index >= 15 is 0 Å². The van der Waals surface area contributed by atoms with Gasteiger partial charge in [-0.05, 0) is 92.0 Å². The number of halogens is 3. The number of aromatic nitrogens is 2. The summed E-state index contributed by atoms with van der Waals surface area (Å²) in [5.41, 5.74) is 2.39. The number of rotatable bonds is 7. The third kappa shape index (κ3) is 5.27. The van der Waals surface area contributed by atoms with E-state index in [0.717, 1.165) is 15.4 Å². The van der Waals surface area contributed by atoms with Gasteiger partial charge < -0.3 is 23.4 Å². The Bertz CT molecular complexity index is 2180. The molecule has 0 unspecified atom stereocenters. The highest BCUT2D eigenvalue weighted by molar-refractivity contribution is 9.13. The quantitative estimate of drug-likeness (QED) is 0.151. The molecular formula is C32H20Br3N3O6. The summed E-state index contributed by atoms with van der Waals surface area (Å²) in [6.45, 7) is 0.467. The third-order valence-corrected chi connectivity index (χ3v) is 9.60. The highest BCUT2D eigenvalue weighted by atomic mass is 79.9. The van der Waals surface area contributed by atoms with E-state index in [0.29, 0.717) is 59.8 Å². The normalized spacial score (nSPS) is 12.5. The van der Waals surface area contributed by atoms with Gasteiger partial charge in [-0.3, -0.25) is 4.79 Å². The van der Waals surface area contributed by atoms with E-state index in [1.54, 1.807) is 37.6 Å². The van der Waals surface area contributed by atoms with Crippen molar-refractivity contribution < 1.29 is 23.4 Å². The number of fused-ring (bicyclic) bond motifs is 3. The van der Waals surface area contributed by atoms with E-state index in [9.17, 15) is 4.79 Å². The van der Waals surface area contributed by atoms with Crippen LogP contribution >= 0.6 is 47.8 Å². The Hall–Kier alpha value is -4.13. The fourth-order valence-corrected chi connectivity index (χ4v) is 6.12. The van der Waals surface area contributed by atoms with Crippen molar-refractivity contribution in [3.05, 3.63) is 108 Å². The van der Waals surface area contributed by atoms with Crippen LogP contribution in [0.3, 0.4) is 0 Å². The average molecular weight is 782 g/mol. The Morgan fingerprint density at radius 1 is 0.977 bits per heavy atom. The first-order valence-corrected chi connectivity index (χ1v) is 15.6. The zero-order valence-corrected chi connectivity index (χ0v) is 27.6. The Balaban J connectivity index is 1.27. The van der Waals surface area contributed by atoms with Gasteiger partial charge in [-0.25, -0.2) is 4.98 Å². The van der Waals surface area contributed by atoms with Crippen LogP contribution in [0.5, 0.6) is 23.0 Å². The minimum absolute atomic E-state index is 0.202. The van der Waals surface area contributed by atoms with Crippen LogP contribution in [0, 0.1) is 0 Å². The fraction of sp³-hybridized carbons (Fsp3) is 0.0938. The number of benzene rings is 4. The molecular weight excluding hydrogens is 762 g/mol. The van der Waals surface area contributed by atoms with Gasteiger partial charge in [0.25, 0.3) is 5.56 Å². The van der Waals surface area contributed by atoms with Gasteiger partial charge >= 0.3 is 0 Å². The lowest BCUT2D eigenvalue weighted by Gasteiger charge is -2.15. The van der Waals surface area contributed by atoms with Crippen molar-refractivity contribution in [1.29, 1.82) is 0 Å². The zero-order chi connectivity index (χ0) is 30.4.